The van der Waals surface area contributed by atoms with Gasteiger partial charge >= 0.3 is 5.97 Å². The summed E-state index contributed by atoms with van der Waals surface area (Å²) >= 11 is 1.31. The van der Waals surface area contributed by atoms with Gasteiger partial charge in [-0.15, -0.1) is 11.3 Å². The predicted octanol–water partition coefficient (Wildman–Crippen LogP) is 1.94. The molecule has 1 atom stereocenters. The molecule has 0 amide bonds. The number of carbonyl (C=O) groups excluding carboxylic acids is 1. The summed E-state index contributed by atoms with van der Waals surface area (Å²) in [5.74, 6) is -0.931. The van der Waals surface area contributed by atoms with E-state index in [0.717, 1.165) is 12.5 Å². The van der Waals surface area contributed by atoms with Crippen LogP contribution >= 0.6 is 11.3 Å². The van der Waals surface area contributed by atoms with Crippen LogP contribution in [0.2, 0.25) is 0 Å². The molecule has 2 N–H and O–H groups in total. The van der Waals surface area contributed by atoms with E-state index in [1.807, 2.05) is 4.90 Å². The molecule has 29 heavy (non-hydrogen) atoms. The van der Waals surface area contributed by atoms with E-state index in [0.29, 0.717) is 24.8 Å². The van der Waals surface area contributed by atoms with E-state index in [1.54, 1.807) is 18.5 Å². The van der Waals surface area contributed by atoms with Gasteiger partial charge in [-0.2, -0.15) is 0 Å². The zero-order valence-electron chi connectivity index (χ0n) is 15.8. The van der Waals surface area contributed by atoms with Crippen LogP contribution < -0.4 is 16.1 Å². The summed E-state index contributed by atoms with van der Waals surface area (Å²) in [7, 11) is 0. The monoisotopic (exact) mass is 417 g/mol. The van der Waals surface area contributed by atoms with Crippen molar-refractivity contribution in [1.29, 1.82) is 0 Å². The number of esters is 1. The number of halogens is 1. The molecule has 1 aliphatic rings. The number of carbonyl (C=O) groups is 1. The summed E-state index contributed by atoms with van der Waals surface area (Å²) in [5, 5.41) is 2.27. The third kappa shape index (κ3) is 3.49. The van der Waals surface area contributed by atoms with Gasteiger partial charge in [-0.05, 0) is 31.9 Å². The van der Waals surface area contributed by atoms with Crippen molar-refractivity contribution in [3.8, 4) is 5.13 Å². The molecule has 4 rings (SSSR count). The normalized spacial score (nSPS) is 16.5. The quantitative estimate of drug-likeness (QED) is 0.633. The maximum Gasteiger partial charge on any atom is 0.343 e. The molecule has 152 valence electrons. The first-order valence-corrected chi connectivity index (χ1v) is 10.2. The molecule has 0 spiro atoms. The molecule has 10 heteroatoms. The van der Waals surface area contributed by atoms with Crippen molar-refractivity contribution in [2.75, 3.05) is 31.1 Å². The second kappa shape index (κ2) is 7.88. The second-order valence-electron chi connectivity index (χ2n) is 6.78. The third-order valence-electron chi connectivity index (χ3n) is 4.95. The predicted molar refractivity (Wildman–Crippen MR) is 108 cm³/mol. The number of hydrogen-bond donors (Lipinski definition) is 1. The lowest BCUT2D eigenvalue weighted by Crippen LogP contribution is -2.26. The largest absolute Gasteiger partial charge is 0.462 e. The molecule has 0 aliphatic carbocycles. The van der Waals surface area contributed by atoms with Crippen LogP contribution in [0.15, 0.2) is 28.6 Å². The van der Waals surface area contributed by atoms with Crippen molar-refractivity contribution in [2.24, 2.45) is 11.7 Å². The fourth-order valence-electron chi connectivity index (χ4n) is 3.49. The van der Waals surface area contributed by atoms with Crippen molar-refractivity contribution in [3.63, 3.8) is 0 Å². The van der Waals surface area contributed by atoms with Gasteiger partial charge in [-0.1, -0.05) is 0 Å². The van der Waals surface area contributed by atoms with Crippen molar-refractivity contribution in [1.82, 2.24) is 14.5 Å². The van der Waals surface area contributed by atoms with Crippen LogP contribution in [0, 0.1) is 11.7 Å². The number of pyridine rings is 2. The van der Waals surface area contributed by atoms with Gasteiger partial charge in [0.15, 0.2) is 22.4 Å². The molecular weight excluding hydrogens is 397 g/mol. The van der Waals surface area contributed by atoms with Crippen molar-refractivity contribution < 1.29 is 13.9 Å². The molecule has 1 aliphatic heterocycles. The van der Waals surface area contributed by atoms with E-state index >= 15 is 0 Å². The average molecular weight is 417 g/mol. The first-order valence-electron chi connectivity index (χ1n) is 9.31. The first kappa shape index (κ1) is 19.5. The van der Waals surface area contributed by atoms with Crippen molar-refractivity contribution in [2.45, 2.75) is 13.3 Å². The minimum atomic E-state index is -0.764. The molecule has 0 aromatic carbocycles. The third-order valence-corrected chi connectivity index (χ3v) is 5.72. The number of hydrogen-bond acceptors (Lipinski definition) is 8. The molecular formula is C19H20FN5O3S. The highest BCUT2D eigenvalue weighted by atomic mass is 32.1. The molecule has 0 saturated carbocycles. The Morgan fingerprint density at radius 3 is 2.97 bits per heavy atom. The topological polar surface area (TPSA) is 103 Å². The second-order valence-corrected chi connectivity index (χ2v) is 7.65. The summed E-state index contributed by atoms with van der Waals surface area (Å²) in [5.41, 5.74) is 5.18. The van der Waals surface area contributed by atoms with E-state index < -0.39 is 17.2 Å². The zero-order chi connectivity index (χ0) is 20.5. The molecule has 3 aromatic heterocycles. The minimum absolute atomic E-state index is 0.00146. The number of ether oxygens (including phenoxy) is 1. The molecule has 1 fully saturated rings. The molecule has 3 aromatic rings. The summed E-state index contributed by atoms with van der Waals surface area (Å²) in [6.07, 6.45) is 3.82. The Labute approximate surface area is 169 Å². The number of rotatable bonds is 5. The smallest absolute Gasteiger partial charge is 0.343 e. The Bertz CT molecular complexity index is 1120. The number of anilines is 1. The van der Waals surface area contributed by atoms with E-state index in [9.17, 15) is 14.0 Å². The van der Waals surface area contributed by atoms with Gasteiger partial charge in [0.2, 0.25) is 5.43 Å². The van der Waals surface area contributed by atoms with Gasteiger partial charge in [-0.3, -0.25) is 9.36 Å². The Morgan fingerprint density at radius 1 is 1.48 bits per heavy atom. The van der Waals surface area contributed by atoms with Gasteiger partial charge in [0.05, 0.1) is 12.0 Å². The standard InChI is InChI=1S/C19H20FN5O3S/c1-2-28-18(27)13-10-25(19-22-4-6-29-19)16-12(15(13)26)7-14(20)17(23-16)24-5-3-11(8-21)9-24/h4,6-7,10-11H,2-3,5,8-9,21H2,1H3. The highest BCUT2D eigenvalue weighted by Crippen LogP contribution is 2.28. The fraction of sp³-hybridized carbons (Fsp3) is 0.368. The van der Waals surface area contributed by atoms with Gasteiger partial charge in [0.25, 0.3) is 0 Å². The summed E-state index contributed by atoms with van der Waals surface area (Å²) < 4.78 is 21.4. The fourth-order valence-corrected chi connectivity index (χ4v) is 4.11. The summed E-state index contributed by atoms with van der Waals surface area (Å²) in [6.45, 7) is 3.54. The van der Waals surface area contributed by atoms with Crippen molar-refractivity contribution in [3.05, 3.63) is 45.4 Å². The number of fused-ring (bicyclic) bond motifs is 1. The Kier molecular flexibility index (Phi) is 5.29. The van der Waals surface area contributed by atoms with Gasteiger partial charge in [0.1, 0.15) is 5.56 Å². The molecule has 0 radical (unpaired) electrons. The van der Waals surface area contributed by atoms with E-state index in [1.165, 1.54) is 22.1 Å². The number of thiazole rings is 1. The maximum atomic E-state index is 14.9. The Hall–Kier alpha value is -2.85. The lowest BCUT2D eigenvalue weighted by atomic mass is 10.1. The van der Waals surface area contributed by atoms with E-state index in [4.69, 9.17) is 10.5 Å². The van der Waals surface area contributed by atoms with Crippen LogP contribution in [-0.2, 0) is 4.74 Å². The van der Waals surface area contributed by atoms with Crippen LogP contribution in [0.1, 0.15) is 23.7 Å². The lowest BCUT2D eigenvalue weighted by molar-refractivity contribution is 0.0524. The van der Waals surface area contributed by atoms with Crippen LogP contribution in [0.3, 0.4) is 0 Å². The highest BCUT2D eigenvalue weighted by molar-refractivity contribution is 7.12. The Balaban J connectivity index is 1.93. The summed E-state index contributed by atoms with van der Waals surface area (Å²) in [6, 6.07) is 1.14. The Morgan fingerprint density at radius 2 is 2.31 bits per heavy atom. The zero-order valence-corrected chi connectivity index (χ0v) is 16.6. The average Bonchev–Trinajstić information content (AvgIpc) is 3.40. The molecule has 1 unspecified atom stereocenters. The lowest BCUT2D eigenvalue weighted by Gasteiger charge is -2.19. The van der Waals surface area contributed by atoms with Gasteiger partial charge in [0, 0.05) is 30.9 Å². The number of nitrogens with zero attached hydrogens (tertiary/aromatic N) is 4. The highest BCUT2D eigenvalue weighted by Gasteiger charge is 2.27. The number of nitrogens with two attached hydrogens (primary N) is 1. The van der Waals surface area contributed by atoms with Crippen LogP contribution in [-0.4, -0.2) is 46.7 Å². The van der Waals surface area contributed by atoms with E-state index in [2.05, 4.69) is 9.97 Å². The molecule has 1 saturated heterocycles. The molecule has 0 bridgehead atoms. The minimum Gasteiger partial charge on any atom is -0.462 e. The van der Waals surface area contributed by atoms with Crippen LogP contribution in [0.4, 0.5) is 10.2 Å². The van der Waals surface area contributed by atoms with E-state index in [-0.39, 0.29) is 34.9 Å². The van der Waals surface area contributed by atoms with Crippen LogP contribution in [0.5, 0.6) is 0 Å². The van der Waals surface area contributed by atoms with Crippen LogP contribution in [0.25, 0.3) is 16.2 Å². The van der Waals surface area contributed by atoms with Crippen molar-refractivity contribution >= 4 is 34.2 Å². The molecule has 8 nitrogen and oxygen atoms in total. The SMILES string of the molecule is CCOC(=O)c1cn(-c2nccs2)c2nc(N3CCC(CN)C3)c(F)cc2c1=O. The first-order chi connectivity index (χ1) is 14.0. The number of aromatic nitrogens is 3. The van der Waals surface area contributed by atoms with Gasteiger partial charge < -0.3 is 15.4 Å². The maximum absolute atomic E-state index is 14.9. The molecule has 4 heterocycles. The summed E-state index contributed by atoms with van der Waals surface area (Å²) in [4.78, 5) is 35.7. The van der Waals surface area contributed by atoms with Gasteiger partial charge in [-0.25, -0.2) is 19.2 Å².